The lowest BCUT2D eigenvalue weighted by Gasteiger charge is -2.11. The van der Waals surface area contributed by atoms with Crippen molar-refractivity contribution in [1.29, 1.82) is 0 Å². The predicted molar refractivity (Wildman–Crippen MR) is 121 cm³/mol. The fraction of sp³-hybridized carbons (Fsp3) is 0.0800. The van der Waals surface area contributed by atoms with Crippen LogP contribution in [-0.2, 0) is 11.2 Å². The Bertz CT molecular complexity index is 1220. The Morgan fingerprint density at radius 2 is 1.68 bits per heavy atom. The highest BCUT2D eigenvalue weighted by Gasteiger charge is 2.11. The summed E-state index contributed by atoms with van der Waals surface area (Å²) in [5.74, 6) is 0.403. The van der Waals surface area contributed by atoms with E-state index in [1.54, 1.807) is 31.6 Å². The van der Waals surface area contributed by atoms with E-state index >= 15 is 0 Å². The number of hydrogen-bond donors (Lipinski definition) is 2. The molecule has 154 valence electrons. The second-order valence-electron chi connectivity index (χ2n) is 6.98. The molecule has 0 saturated carbocycles. The van der Waals surface area contributed by atoms with Crippen LogP contribution in [0.3, 0.4) is 0 Å². The zero-order valence-electron chi connectivity index (χ0n) is 17.0. The number of carbonyl (C=O) groups excluding carboxylic acids is 2. The first-order valence-corrected chi connectivity index (χ1v) is 9.80. The van der Waals surface area contributed by atoms with Gasteiger partial charge in [-0.05, 0) is 46.3 Å². The highest BCUT2D eigenvalue weighted by atomic mass is 16.5. The molecule has 0 aliphatic carbocycles. The summed E-state index contributed by atoms with van der Waals surface area (Å²) < 4.78 is 5.43. The molecule has 6 heteroatoms. The van der Waals surface area contributed by atoms with E-state index < -0.39 is 6.03 Å². The van der Waals surface area contributed by atoms with Crippen LogP contribution in [0.5, 0.6) is 5.75 Å². The molecule has 0 bridgehead atoms. The average Bonchev–Trinajstić information content (AvgIpc) is 2.79. The molecule has 1 heterocycles. The highest BCUT2D eigenvalue weighted by Crippen LogP contribution is 2.34. The van der Waals surface area contributed by atoms with Crippen molar-refractivity contribution in [2.75, 3.05) is 12.4 Å². The maximum absolute atomic E-state index is 12.1. The van der Waals surface area contributed by atoms with Crippen molar-refractivity contribution in [3.63, 3.8) is 0 Å². The van der Waals surface area contributed by atoms with E-state index in [1.165, 1.54) is 0 Å². The first kappa shape index (κ1) is 20.1. The van der Waals surface area contributed by atoms with Gasteiger partial charge in [-0.1, -0.05) is 48.5 Å². The number of nitrogens with zero attached hydrogens (tertiary/aromatic N) is 1. The second-order valence-corrected chi connectivity index (χ2v) is 6.98. The number of imide groups is 1. The lowest BCUT2D eigenvalue weighted by Crippen LogP contribution is -2.35. The molecule has 0 unspecified atom stereocenters. The number of ether oxygens (including phenoxy) is 1. The number of rotatable bonds is 5. The van der Waals surface area contributed by atoms with E-state index in [2.05, 4.69) is 15.6 Å². The molecule has 0 aliphatic heterocycles. The lowest BCUT2D eigenvalue weighted by molar-refractivity contribution is -0.119. The molecular weight excluding hydrogens is 390 g/mol. The van der Waals surface area contributed by atoms with Crippen molar-refractivity contribution < 1.29 is 14.3 Å². The highest BCUT2D eigenvalue weighted by molar-refractivity contribution is 6.02. The van der Waals surface area contributed by atoms with Crippen LogP contribution in [0.2, 0.25) is 0 Å². The largest absolute Gasteiger partial charge is 0.496 e. The zero-order valence-corrected chi connectivity index (χ0v) is 17.0. The Labute approximate surface area is 179 Å². The van der Waals surface area contributed by atoms with Crippen molar-refractivity contribution in [3.8, 4) is 16.9 Å². The molecule has 0 aliphatic rings. The van der Waals surface area contributed by atoms with E-state index in [1.807, 2.05) is 60.7 Å². The summed E-state index contributed by atoms with van der Waals surface area (Å²) in [6, 6.07) is 22.0. The van der Waals surface area contributed by atoms with Gasteiger partial charge >= 0.3 is 6.03 Å². The van der Waals surface area contributed by atoms with Crippen LogP contribution < -0.4 is 15.4 Å². The molecule has 4 rings (SSSR count). The summed E-state index contributed by atoms with van der Waals surface area (Å²) in [7, 11) is 1.64. The van der Waals surface area contributed by atoms with Gasteiger partial charge in [-0.2, -0.15) is 0 Å². The summed E-state index contributed by atoms with van der Waals surface area (Å²) >= 11 is 0. The average molecular weight is 411 g/mol. The molecule has 2 N–H and O–H groups in total. The number of pyridine rings is 1. The SMILES string of the molecule is COc1ccc(-c2ccc(NC(=O)NC(=O)Cc3ccccc3)cc2)c2ccncc12. The van der Waals surface area contributed by atoms with Crippen LogP contribution in [0.15, 0.2) is 85.2 Å². The lowest BCUT2D eigenvalue weighted by atomic mass is 9.99. The number of aromatic nitrogens is 1. The van der Waals surface area contributed by atoms with Gasteiger partial charge in [0, 0.05) is 23.5 Å². The molecule has 1 aromatic heterocycles. The van der Waals surface area contributed by atoms with Gasteiger partial charge in [-0.15, -0.1) is 0 Å². The Balaban J connectivity index is 1.45. The molecule has 0 atom stereocenters. The van der Waals surface area contributed by atoms with E-state index in [4.69, 9.17) is 4.74 Å². The molecule has 0 saturated heterocycles. The fourth-order valence-electron chi connectivity index (χ4n) is 3.44. The topological polar surface area (TPSA) is 80.3 Å². The van der Waals surface area contributed by atoms with Gasteiger partial charge < -0.3 is 10.1 Å². The number of hydrogen-bond acceptors (Lipinski definition) is 4. The maximum atomic E-state index is 12.1. The zero-order chi connectivity index (χ0) is 21.6. The number of anilines is 1. The van der Waals surface area contributed by atoms with Crippen LogP contribution in [-0.4, -0.2) is 24.0 Å². The van der Waals surface area contributed by atoms with Gasteiger partial charge in [0.05, 0.1) is 13.5 Å². The minimum atomic E-state index is -0.561. The van der Waals surface area contributed by atoms with Crippen LogP contribution in [0, 0.1) is 0 Å². The predicted octanol–water partition coefficient (Wildman–Crippen LogP) is 4.80. The standard InChI is InChI=1S/C25H21N3O3/c1-31-23-12-11-20(21-13-14-26-16-22(21)23)18-7-9-19(10-8-18)27-25(30)28-24(29)15-17-5-3-2-4-6-17/h2-14,16H,15H2,1H3,(H2,27,28,29,30). The van der Waals surface area contributed by atoms with Crippen molar-refractivity contribution in [3.05, 3.63) is 90.8 Å². The number of nitrogens with one attached hydrogen (secondary N) is 2. The first-order chi connectivity index (χ1) is 15.1. The third kappa shape index (κ3) is 4.70. The molecule has 31 heavy (non-hydrogen) atoms. The minimum absolute atomic E-state index is 0.145. The van der Waals surface area contributed by atoms with Crippen LogP contribution in [0.4, 0.5) is 10.5 Å². The summed E-state index contributed by atoms with van der Waals surface area (Å²) in [4.78, 5) is 28.4. The van der Waals surface area contributed by atoms with Gasteiger partial charge in [0.2, 0.25) is 5.91 Å². The van der Waals surface area contributed by atoms with E-state index in [0.29, 0.717) is 5.69 Å². The van der Waals surface area contributed by atoms with E-state index in [0.717, 1.165) is 33.2 Å². The Morgan fingerprint density at radius 3 is 2.42 bits per heavy atom. The number of benzene rings is 3. The van der Waals surface area contributed by atoms with Crippen LogP contribution >= 0.6 is 0 Å². The Kier molecular flexibility index (Phi) is 5.89. The number of fused-ring (bicyclic) bond motifs is 1. The Morgan fingerprint density at radius 1 is 0.903 bits per heavy atom. The maximum Gasteiger partial charge on any atom is 0.325 e. The molecule has 3 amide bonds. The first-order valence-electron chi connectivity index (χ1n) is 9.80. The van der Waals surface area contributed by atoms with Crippen molar-refractivity contribution in [2.24, 2.45) is 0 Å². The van der Waals surface area contributed by atoms with Crippen molar-refractivity contribution in [2.45, 2.75) is 6.42 Å². The third-order valence-corrected chi connectivity index (χ3v) is 4.91. The second kappa shape index (κ2) is 9.09. The van der Waals surface area contributed by atoms with Gasteiger partial charge in [-0.25, -0.2) is 4.79 Å². The van der Waals surface area contributed by atoms with Crippen molar-refractivity contribution in [1.82, 2.24) is 10.3 Å². The van der Waals surface area contributed by atoms with Crippen molar-refractivity contribution >= 4 is 28.4 Å². The van der Waals surface area contributed by atoms with E-state index in [-0.39, 0.29) is 12.3 Å². The van der Waals surface area contributed by atoms with Gasteiger partial charge in [0.15, 0.2) is 0 Å². The number of methoxy groups -OCH3 is 1. The monoisotopic (exact) mass is 411 g/mol. The van der Waals surface area contributed by atoms with Gasteiger partial charge in [0.25, 0.3) is 0 Å². The van der Waals surface area contributed by atoms with E-state index in [9.17, 15) is 9.59 Å². The smallest absolute Gasteiger partial charge is 0.325 e. The Hall–Kier alpha value is -4.19. The number of carbonyl (C=O) groups is 2. The van der Waals surface area contributed by atoms with Gasteiger partial charge in [-0.3, -0.25) is 15.1 Å². The molecule has 4 aromatic rings. The van der Waals surface area contributed by atoms with Crippen LogP contribution in [0.1, 0.15) is 5.56 Å². The number of amides is 3. The molecule has 0 fully saturated rings. The summed E-state index contributed by atoms with van der Waals surface area (Å²) in [5, 5.41) is 7.00. The molecule has 3 aromatic carbocycles. The summed E-state index contributed by atoms with van der Waals surface area (Å²) in [6.07, 6.45) is 3.68. The van der Waals surface area contributed by atoms with Gasteiger partial charge in [0.1, 0.15) is 5.75 Å². The summed E-state index contributed by atoms with van der Waals surface area (Å²) in [6.45, 7) is 0. The minimum Gasteiger partial charge on any atom is -0.496 e. The van der Waals surface area contributed by atoms with Crippen LogP contribution in [0.25, 0.3) is 21.9 Å². The normalized spacial score (nSPS) is 10.5. The number of urea groups is 1. The molecule has 0 spiro atoms. The molecule has 0 radical (unpaired) electrons. The molecule has 6 nitrogen and oxygen atoms in total. The molecular formula is C25H21N3O3. The third-order valence-electron chi connectivity index (χ3n) is 4.91. The fourth-order valence-corrected chi connectivity index (χ4v) is 3.44. The summed E-state index contributed by atoms with van der Waals surface area (Å²) in [5.41, 5.74) is 3.46. The quantitative estimate of drug-likeness (QED) is 0.494.